The average Bonchev–Trinajstić information content (AvgIpc) is 3.29. The fraction of sp³-hybridized carbons (Fsp3) is 0.235. The number of amides is 1. The van der Waals surface area contributed by atoms with Crippen LogP contribution in [0, 0.1) is 0 Å². The molecule has 1 fully saturated rings. The normalized spacial score (nSPS) is 18.1. The maximum atomic E-state index is 12.3. The Kier molecular flexibility index (Phi) is 4.10. The number of carbonyl (C=O) groups excluding carboxylic acids is 1. The first-order valence-corrected chi connectivity index (χ1v) is 8.48. The molecule has 122 valence electrons. The summed E-state index contributed by atoms with van der Waals surface area (Å²) in [4.78, 5) is 19.5. The predicted molar refractivity (Wildman–Crippen MR) is 88.2 cm³/mol. The van der Waals surface area contributed by atoms with E-state index in [4.69, 9.17) is 9.26 Å². The van der Waals surface area contributed by atoms with Crippen LogP contribution < -0.4 is 0 Å². The van der Waals surface area contributed by atoms with Gasteiger partial charge >= 0.3 is 0 Å². The van der Waals surface area contributed by atoms with Crippen molar-refractivity contribution in [1.82, 2.24) is 15.0 Å². The Morgan fingerprint density at radius 2 is 2.08 bits per heavy atom. The molecule has 1 amide bonds. The highest BCUT2D eigenvalue weighted by atomic mass is 32.1. The van der Waals surface area contributed by atoms with Crippen LogP contribution in [-0.2, 0) is 16.1 Å². The van der Waals surface area contributed by atoms with Gasteiger partial charge in [-0.1, -0.05) is 41.6 Å². The van der Waals surface area contributed by atoms with Crippen LogP contribution in [-0.4, -0.2) is 34.2 Å². The van der Waals surface area contributed by atoms with Crippen molar-refractivity contribution in [3.8, 4) is 10.7 Å². The Morgan fingerprint density at radius 3 is 2.88 bits per heavy atom. The van der Waals surface area contributed by atoms with E-state index in [1.165, 1.54) is 0 Å². The third-order valence-corrected chi connectivity index (χ3v) is 4.73. The molecule has 1 aromatic carbocycles. The highest BCUT2D eigenvalue weighted by Crippen LogP contribution is 2.28. The molecule has 0 saturated carbocycles. The molecule has 1 aliphatic rings. The van der Waals surface area contributed by atoms with Crippen molar-refractivity contribution in [2.24, 2.45) is 0 Å². The molecule has 1 aliphatic heterocycles. The molecule has 6 nitrogen and oxygen atoms in total. The minimum Gasteiger partial charge on any atom is -0.369 e. The lowest BCUT2D eigenvalue weighted by atomic mass is 10.1. The number of rotatable bonds is 4. The van der Waals surface area contributed by atoms with Crippen molar-refractivity contribution in [3.05, 3.63) is 59.3 Å². The molecule has 3 heterocycles. The second kappa shape index (κ2) is 6.54. The van der Waals surface area contributed by atoms with Crippen LogP contribution in [0.2, 0.25) is 0 Å². The Hall–Kier alpha value is -2.51. The van der Waals surface area contributed by atoms with E-state index in [2.05, 4.69) is 10.1 Å². The summed E-state index contributed by atoms with van der Waals surface area (Å²) in [5.74, 6) is 0.867. The molecular weight excluding hydrogens is 326 g/mol. The molecule has 0 spiro atoms. The molecule has 0 aliphatic carbocycles. The van der Waals surface area contributed by atoms with Crippen molar-refractivity contribution in [1.29, 1.82) is 0 Å². The highest BCUT2D eigenvalue weighted by Gasteiger charge is 2.34. The fourth-order valence-corrected chi connectivity index (χ4v) is 3.31. The number of aromatic nitrogens is 2. The number of carbonyl (C=O) groups is 1. The Morgan fingerprint density at radius 1 is 1.21 bits per heavy atom. The summed E-state index contributed by atoms with van der Waals surface area (Å²) in [6.07, 6.45) is 0. The van der Waals surface area contributed by atoms with Crippen LogP contribution >= 0.6 is 11.3 Å². The summed E-state index contributed by atoms with van der Waals surface area (Å²) >= 11 is 1.54. The summed E-state index contributed by atoms with van der Waals surface area (Å²) in [6, 6.07) is 13.3. The third kappa shape index (κ3) is 2.95. The van der Waals surface area contributed by atoms with Gasteiger partial charge in [0.25, 0.3) is 5.89 Å². The molecule has 0 unspecified atom stereocenters. The number of nitrogens with zero attached hydrogens (tertiary/aromatic N) is 3. The van der Waals surface area contributed by atoms with Gasteiger partial charge in [-0.2, -0.15) is 4.98 Å². The minimum atomic E-state index is -0.368. The van der Waals surface area contributed by atoms with Gasteiger partial charge in [-0.15, -0.1) is 11.3 Å². The Balaban J connectivity index is 1.61. The van der Waals surface area contributed by atoms with Gasteiger partial charge in [0.05, 0.1) is 11.5 Å². The van der Waals surface area contributed by atoms with Crippen LogP contribution in [0.5, 0.6) is 0 Å². The molecular formula is C17H15N3O3S. The number of hydrogen-bond donors (Lipinski definition) is 0. The van der Waals surface area contributed by atoms with Crippen LogP contribution in [0.1, 0.15) is 17.5 Å². The quantitative estimate of drug-likeness (QED) is 0.730. The van der Waals surface area contributed by atoms with E-state index >= 15 is 0 Å². The van der Waals surface area contributed by atoms with Crippen LogP contribution in [0.4, 0.5) is 0 Å². The first kappa shape index (κ1) is 15.0. The lowest BCUT2D eigenvalue weighted by molar-refractivity contribution is -0.150. The van der Waals surface area contributed by atoms with Crippen molar-refractivity contribution in [2.75, 3.05) is 13.2 Å². The Labute approximate surface area is 142 Å². The number of morpholine rings is 1. The summed E-state index contributed by atoms with van der Waals surface area (Å²) in [7, 11) is 0. The average molecular weight is 341 g/mol. The van der Waals surface area contributed by atoms with Crippen LogP contribution in [0.25, 0.3) is 10.7 Å². The summed E-state index contributed by atoms with van der Waals surface area (Å²) in [5.41, 5.74) is 1.05. The van der Waals surface area contributed by atoms with Crippen molar-refractivity contribution < 1.29 is 14.1 Å². The van der Waals surface area contributed by atoms with E-state index < -0.39 is 0 Å². The first-order valence-electron chi connectivity index (χ1n) is 7.60. The first-order chi connectivity index (χ1) is 11.8. The van der Waals surface area contributed by atoms with Gasteiger partial charge in [0.1, 0.15) is 12.6 Å². The molecule has 24 heavy (non-hydrogen) atoms. The van der Waals surface area contributed by atoms with Crippen molar-refractivity contribution in [3.63, 3.8) is 0 Å². The molecule has 4 rings (SSSR count). The van der Waals surface area contributed by atoms with E-state index in [1.54, 1.807) is 16.2 Å². The van der Waals surface area contributed by atoms with E-state index in [1.807, 2.05) is 47.8 Å². The lowest BCUT2D eigenvalue weighted by Crippen LogP contribution is -2.43. The summed E-state index contributed by atoms with van der Waals surface area (Å²) in [5, 5.41) is 5.99. The SMILES string of the molecule is O=C1COC[C@H](c2nc(-c3cccs3)no2)N1Cc1ccccc1. The largest absolute Gasteiger partial charge is 0.369 e. The molecule has 3 aromatic rings. The third-order valence-electron chi connectivity index (χ3n) is 3.86. The van der Waals surface area contributed by atoms with Crippen molar-refractivity contribution >= 4 is 17.2 Å². The van der Waals surface area contributed by atoms with Crippen molar-refractivity contribution in [2.45, 2.75) is 12.6 Å². The zero-order valence-electron chi connectivity index (χ0n) is 12.8. The predicted octanol–water partition coefficient (Wildman–Crippen LogP) is 2.90. The maximum Gasteiger partial charge on any atom is 0.252 e. The van der Waals surface area contributed by atoms with Gasteiger partial charge in [-0.05, 0) is 17.0 Å². The smallest absolute Gasteiger partial charge is 0.252 e. The summed E-state index contributed by atoms with van der Waals surface area (Å²) in [6.45, 7) is 0.921. The molecule has 1 atom stereocenters. The van der Waals surface area contributed by atoms with Gasteiger partial charge in [-0.25, -0.2) is 0 Å². The molecule has 0 N–H and O–H groups in total. The van der Waals surface area contributed by atoms with Gasteiger partial charge in [0.15, 0.2) is 0 Å². The molecule has 1 saturated heterocycles. The summed E-state index contributed by atoms with van der Waals surface area (Å²) < 4.78 is 10.8. The zero-order chi connectivity index (χ0) is 16.4. The standard InChI is InChI=1S/C17H15N3O3S/c21-15-11-22-10-13(20(15)9-12-5-2-1-3-6-12)17-18-16(19-23-17)14-7-4-8-24-14/h1-8,13H,9-11H2/t13-/m1/s1. The molecule has 0 bridgehead atoms. The van der Waals surface area contributed by atoms with E-state index in [0.29, 0.717) is 24.9 Å². The maximum absolute atomic E-state index is 12.3. The van der Waals surface area contributed by atoms with Gasteiger partial charge < -0.3 is 14.2 Å². The topological polar surface area (TPSA) is 68.5 Å². The second-order valence-corrected chi connectivity index (χ2v) is 6.42. The highest BCUT2D eigenvalue weighted by molar-refractivity contribution is 7.13. The molecule has 7 heteroatoms. The van der Waals surface area contributed by atoms with Crippen LogP contribution in [0.3, 0.4) is 0 Å². The number of thiophene rings is 1. The zero-order valence-corrected chi connectivity index (χ0v) is 13.6. The minimum absolute atomic E-state index is 0.0778. The number of ether oxygens (including phenoxy) is 1. The monoisotopic (exact) mass is 341 g/mol. The fourth-order valence-electron chi connectivity index (χ4n) is 2.66. The van der Waals surface area contributed by atoms with E-state index in [-0.39, 0.29) is 18.6 Å². The lowest BCUT2D eigenvalue weighted by Gasteiger charge is -2.33. The van der Waals surface area contributed by atoms with Gasteiger partial charge in [-0.3, -0.25) is 4.79 Å². The van der Waals surface area contributed by atoms with Gasteiger partial charge in [0, 0.05) is 6.54 Å². The van der Waals surface area contributed by atoms with E-state index in [0.717, 1.165) is 10.4 Å². The molecule has 0 radical (unpaired) electrons. The molecule has 2 aromatic heterocycles. The Bertz CT molecular complexity index is 817. The van der Waals surface area contributed by atoms with Crippen LogP contribution in [0.15, 0.2) is 52.4 Å². The second-order valence-electron chi connectivity index (χ2n) is 5.47. The van der Waals surface area contributed by atoms with E-state index in [9.17, 15) is 4.79 Å². The number of benzene rings is 1. The van der Waals surface area contributed by atoms with Gasteiger partial charge in [0.2, 0.25) is 11.7 Å². The number of hydrogen-bond acceptors (Lipinski definition) is 6.